The second-order valence-electron chi connectivity index (χ2n) is 3.86. The van der Waals surface area contributed by atoms with Crippen LogP contribution in [0.25, 0.3) is 0 Å². The van der Waals surface area contributed by atoms with Crippen molar-refractivity contribution in [2.24, 2.45) is 22.7 Å². The molecule has 0 bridgehead atoms. The van der Waals surface area contributed by atoms with Crippen LogP contribution >= 0.6 is 0 Å². The highest BCUT2D eigenvalue weighted by molar-refractivity contribution is 5.90. The molecule has 0 radical (unpaired) electrons. The third-order valence-electron chi connectivity index (χ3n) is 3.14. The number of carboxylic acid groups (broad SMARTS) is 1. The minimum Gasteiger partial charge on any atom is -0.481 e. The van der Waals surface area contributed by atoms with Crippen LogP contribution in [-0.2, 0) is 9.63 Å². The fraction of sp³-hybridized carbons (Fsp3) is 0.778. The first kappa shape index (κ1) is 9.45. The maximum atomic E-state index is 10.9. The van der Waals surface area contributed by atoms with Gasteiger partial charge in [0.15, 0.2) is 0 Å². The Bertz CT molecular complexity index is 290. The molecule has 0 aromatic rings. The zero-order valence-electron chi connectivity index (χ0n) is 8.01. The topological polar surface area (TPSA) is 84.9 Å². The maximum absolute atomic E-state index is 10.9. The Morgan fingerprint density at radius 1 is 1.79 bits per heavy atom. The molecule has 5 nitrogen and oxygen atoms in total. The summed E-state index contributed by atoms with van der Waals surface area (Å²) in [6.07, 6.45) is 1.15. The zero-order chi connectivity index (χ0) is 10.3. The van der Waals surface area contributed by atoms with Crippen molar-refractivity contribution in [2.75, 3.05) is 0 Å². The molecule has 0 saturated heterocycles. The summed E-state index contributed by atoms with van der Waals surface area (Å²) in [5.41, 5.74) is 6.80. The highest BCUT2D eigenvalue weighted by Gasteiger charge is 2.50. The lowest BCUT2D eigenvalue weighted by atomic mass is 9.93. The Hall–Kier alpha value is -1.10. The van der Waals surface area contributed by atoms with Crippen molar-refractivity contribution in [2.45, 2.75) is 31.9 Å². The number of fused-ring (bicyclic) bond motifs is 1. The zero-order valence-corrected chi connectivity index (χ0v) is 8.01. The summed E-state index contributed by atoms with van der Waals surface area (Å²) in [5.74, 6) is -1.30. The molecule has 1 aliphatic carbocycles. The number of rotatable bonds is 2. The third kappa shape index (κ3) is 1.19. The van der Waals surface area contributed by atoms with E-state index in [1.807, 2.05) is 6.92 Å². The number of nitrogens with zero attached hydrogens (tertiary/aromatic N) is 1. The monoisotopic (exact) mass is 198 g/mol. The molecule has 0 amide bonds. The summed E-state index contributed by atoms with van der Waals surface area (Å²) in [5, 5.41) is 12.8. The highest BCUT2D eigenvalue weighted by Crippen LogP contribution is 2.38. The molecule has 1 aliphatic heterocycles. The molecule has 1 heterocycles. The van der Waals surface area contributed by atoms with Crippen LogP contribution in [0.15, 0.2) is 5.16 Å². The number of hydrogen-bond donors (Lipinski definition) is 2. The summed E-state index contributed by atoms with van der Waals surface area (Å²) in [7, 11) is 0. The van der Waals surface area contributed by atoms with E-state index in [1.165, 1.54) is 0 Å². The Kier molecular flexibility index (Phi) is 2.19. The molecule has 0 unspecified atom stereocenters. The van der Waals surface area contributed by atoms with E-state index < -0.39 is 11.9 Å². The van der Waals surface area contributed by atoms with E-state index in [1.54, 1.807) is 0 Å². The van der Waals surface area contributed by atoms with Crippen LogP contribution in [0.5, 0.6) is 0 Å². The highest BCUT2D eigenvalue weighted by atomic mass is 16.6. The number of carboxylic acids is 1. The molecule has 0 aromatic carbocycles. The molecule has 2 aliphatic rings. The smallest absolute Gasteiger partial charge is 0.308 e. The molecule has 2 rings (SSSR count). The molecule has 3 N–H and O–H groups in total. The number of oxime groups is 1. The lowest BCUT2D eigenvalue weighted by Gasteiger charge is -2.15. The van der Waals surface area contributed by atoms with Crippen LogP contribution in [0.3, 0.4) is 0 Å². The summed E-state index contributed by atoms with van der Waals surface area (Å²) in [6.45, 7) is 1.98. The second-order valence-corrected chi connectivity index (χ2v) is 3.86. The van der Waals surface area contributed by atoms with Crippen molar-refractivity contribution < 1.29 is 14.7 Å². The van der Waals surface area contributed by atoms with Gasteiger partial charge in [0, 0.05) is 12.5 Å². The molecular formula is C9H14N2O3. The van der Waals surface area contributed by atoms with Crippen LogP contribution in [0.2, 0.25) is 0 Å². The van der Waals surface area contributed by atoms with E-state index >= 15 is 0 Å². The van der Waals surface area contributed by atoms with Gasteiger partial charge in [0.05, 0.1) is 17.5 Å². The van der Waals surface area contributed by atoms with Crippen LogP contribution in [-0.4, -0.2) is 28.9 Å². The largest absolute Gasteiger partial charge is 0.481 e. The first-order valence-electron chi connectivity index (χ1n) is 4.86. The number of aliphatic carboxylic acids is 1. The molecule has 1 fully saturated rings. The van der Waals surface area contributed by atoms with Gasteiger partial charge in [0.2, 0.25) is 0 Å². The van der Waals surface area contributed by atoms with Gasteiger partial charge in [-0.1, -0.05) is 12.1 Å². The van der Waals surface area contributed by atoms with E-state index in [-0.39, 0.29) is 18.1 Å². The van der Waals surface area contributed by atoms with Gasteiger partial charge in [0.1, 0.15) is 6.10 Å². The van der Waals surface area contributed by atoms with E-state index in [4.69, 9.17) is 15.7 Å². The quantitative estimate of drug-likeness (QED) is 0.663. The van der Waals surface area contributed by atoms with Gasteiger partial charge in [0.25, 0.3) is 0 Å². The van der Waals surface area contributed by atoms with Gasteiger partial charge in [-0.15, -0.1) is 0 Å². The maximum Gasteiger partial charge on any atom is 0.308 e. The molecule has 1 saturated carbocycles. The SMILES string of the molecule is CCC1=NO[C@H]2C[C@@H](C(=O)O)[C@H](N)[C@@H]12. The molecule has 0 spiro atoms. The van der Waals surface area contributed by atoms with Crippen molar-refractivity contribution in [1.82, 2.24) is 0 Å². The average molecular weight is 198 g/mol. The van der Waals surface area contributed by atoms with E-state index in [0.717, 1.165) is 12.1 Å². The van der Waals surface area contributed by atoms with E-state index in [2.05, 4.69) is 5.16 Å². The van der Waals surface area contributed by atoms with Gasteiger partial charge in [-0.05, 0) is 6.42 Å². The fourth-order valence-corrected chi connectivity index (χ4v) is 2.36. The molecule has 4 atom stereocenters. The summed E-state index contributed by atoms with van der Waals surface area (Å²) < 4.78 is 0. The van der Waals surface area contributed by atoms with Crippen LogP contribution in [0, 0.1) is 11.8 Å². The number of hydrogen-bond acceptors (Lipinski definition) is 4. The second kappa shape index (κ2) is 3.24. The molecule has 78 valence electrons. The minimum absolute atomic E-state index is 0.0149. The van der Waals surface area contributed by atoms with Gasteiger partial charge in [-0.2, -0.15) is 0 Å². The molecule has 14 heavy (non-hydrogen) atoms. The lowest BCUT2D eigenvalue weighted by Crippen LogP contribution is -2.39. The third-order valence-corrected chi connectivity index (χ3v) is 3.14. The number of nitrogens with two attached hydrogens (primary N) is 1. The standard InChI is InChI=1S/C9H14N2O3/c1-2-5-7-6(14-11-5)3-4(8(7)10)9(12)13/h4,6-8H,2-3,10H2,1H3,(H,12,13)/t4-,6+,7+,8+/m1/s1. The van der Waals surface area contributed by atoms with Crippen molar-refractivity contribution in [1.29, 1.82) is 0 Å². The van der Waals surface area contributed by atoms with Crippen LogP contribution < -0.4 is 5.73 Å². The van der Waals surface area contributed by atoms with Crippen molar-refractivity contribution in [3.8, 4) is 0 Å². The van der Waals surface area contributed by atoms with Crippen molar-refractivity contribution in [3.63, 3.8) is 0 Å². The average Bonchev–Trinajstić information content (AvgIpc) is 2.66. The van der Waals surface area contributed by atoms with Crippen LogP contribution in [0.4, 0.5) is 0 Å². The molecule has 5 heteroatoms. The molecular weight excluding hydrogens is 184 g/mol. The lowest BCUT2D eigenvalue weighted by molar-refractivity contribution is -0.142. The number of carbonyl (C=O) groups is 1. The van der Waals surface area contributed by atoms with Crippen LogP contribution in [0.1, 0.15) is 19.8 Å². The van der Waals surface area contributed by atoms with Gasteiger partial charge >= 0.3 is 5.97 Å². The van der Waals surface area contributed by atoms with E-state index in [9.17, 15) is 4.79 Å². The fourth-order valence-electron chi connectivity index (χ4n) is 2.36. The van der Waals surface area contributed by atoms with Crippen molar-refractivity contribution in [3.05, 3.63) is 0 Å². The predicted molar refractivity (Wildman–Crippen MR) is 49.8 cm³/mol. The predicted octanol–water partition coefficient (Wildman–Crippen LogP) is 0.199. The first-order valence-corrected chi connectivity index (χ1v) is 4.86. The Labute approximate surface area is 81.9 Å². The Balaban J connectivity index is 2.17. The van der Waals surface area contributed by atoms with Gasteiger partial charge in [-0.25, -0.2) is 0 Å². The first-order chi connectivity index (χ1) is 6.65. The summed E-state index contributed by atoms with van der Waals surface area (Å²) in [6, 6.07) is -0.348. The normalized spacial score (nSPS) is 40.3. The minimum atomic E-state index is -0.828. The summed E-state index contributed by atoms with van der Waals surface area (Å²) >= 11 is 0. The molecule has 0 aromatic heterocycles. The van der Waals surface area contributed by atoms with E-state index in [0.29, 0.717) is 6.42 Å². The van der Waals surface area contributed by atoms with Gasteiger partial charge in [-0.3, -0.25) is 4.79 Å². The Morgan fingerprint density at radius 3 is 3.07 bits per heavy atom. The summed E-state index contributed by atoms with van der Waals surface area (Å²) in [4.78, 5) is 16.0. The van der Waals surface area contributed by atoms with Crippen molar-refractivity contribution >= 4 is 11.7 Å². The Morgan fingerprint density at radius 2 is 2.50 bits per heavy atom. The van der Waals surface area contributed by atoms with Gasteiger partial charge < -0.3 is 15.7 Å².